The highest BCUT2D eigenvalue weighted by molar-refractivity contribution is 5.95. The van der Waals surface area contributed by atoms with Gasteiger partial charge in [0.25, 0.3) is 0 Å². The van der Waals surface area contributed by atoms with Gasteiger partial charge in [0.1, 0.15) is 0 Å². The minimum atomic E-state index is -0.711. The summed E-state index contributed by atoms with van der Waals surface area (Å²) in [6, 6.07) is 0. The van der Waals surface area contributed by atoms with Gasteiger partial charge in [-0.05, 0) is 110 Å². The molecule has 0 radical (unpaired) electrons. The van der Waals surface area contributed by atoms with Crippen LogP contribution in [-0.2, 0) is 9.59 Å². The highest BCUT2D eigenvalue weighted by Crippen LogP contribution is 2.75. The van der Waals surface area contributed by atoms with Gasteiger partial charge in [0.15, 0.2) is 5.78 Å². The molecule has 4 saturated carbocycles. The third-order valence-corrected chi connectivity index (χ3v) is 13.1. The number of carbonyl (C=O) groups excluding carboxylic acids is 1. The summed E-state index contributed by atoms with van der Waals surface area (Å²) in [6.45, 7) is 15.8. The van der Waals surface area contributed by atoms with Crippen molar-refractivity contribution in [3.63, 3.8) is 0 Å². The van der Waals surface area contributed by atoms with Crippen LogP contribution in [0.4, 0.5) is 0 Å². The molecule has 0 aromatic rings. The predicted octanol–water partition coefficient (Wildman–Crippen LogP) is 6.41. The Balaban J connectivity index is 1.62. The van der Waals surface area contributed by atoms with Crippen LogP contribution in [0.3, 0.4) is 0 Å². The quantitative estimate of drug-likeness (QED) is 0.464. The number of carbonyl (C=O) groups is 2. The Kier molecular flexibility index (Phi) is 5.04. The number of hydrogen-bond acceptors (Lipinski definition) is 3. The Morgan fingerprint density at radius 3 is 2.21 bits per heavy atom. The third kappa shape index (κ3) is 2.81. The van der Waals surface area contributed by atoms with Gasteiger partial charge in [0.2, 0.25) is 0 Å². The number of rotatable bonds is 1. The first kappa shape index (κ1) is 24.5. The van der Waals surface area contributed by atoms with E-state index in [4.69, 9.17) is 0 Å². The number of aliphatic carboxylic acids is 1. The predicted molar refractivity (Wildman–Crippen MR) is 133 cm³/mol. The van der Waals surface area contributed by atoms with E-state index in [-0.39, 0.29) is 50.8 Å². The van der Waals surface area contributed by atoms with Gasteiger partial charge in [-0.3, -0.25) is 9.59 Å². The van der Waals surface area contributed by atoms with Crippen molar-refractivity contribution in [1.82, 2.24) is 0 Å². The SMILES string of the molecule is CC1(C)C2CC[C@]3(C)C(C(=O)C=C4[C@@H]5C[C@@](C)(C(=O)O)CC[C@]5(C)CC[C@]43C)[C@@]2(C)CC[C@@H]1O. The Morgan fingerprint density at radius 2 is 1.56 bits per heavy atom. The highest BCUT2D eigenvalue weighted by atomic mass is 16.4. The maximum absolute atomic E-state index is 14.2. The fourth-order valence-electron chi connectivity index (χ4n) is 10.4. The van der Waals surface area contributed by atoms with Crippen LogP contribution in [0.5, 0.6) is 0 Å². The zero-order chi connectivity index (χ0) is 25.1. The molecule has 4 fully saturated rings. The lowest BCUT2D eigenvalue weighted by Gasteiger charge is -2.70. The first-order valence-corrected chi connectivity index (χ1v) is 13.7. The molecular weight excluding hydrogens is 424 g/mol. The van der Waals surface area contributed by atoms with E-state index in [1.165, 1.54) is 5.57 Å². The maximum Gasteiger partial charge on any atom is 0.309 e. The van der Waals surface area contributed by atoms with E-state index in [1.807, 2.05) is 13.0 Å². The molecule has 5 aliphatic carbocycles. The summed E-state index contributed by atoms with van der Waals surface area (Å²) < 4.78 is 0. The molecule has 2 N–H and O–H groups in total. The second-order valence-corrected chi connectivity index (χ2v) is 14.9. The van der Waals surface area contributed by atoms with Gasteiger partial charge >= 0.3 is 5.97 Å². The molecule has 0 heterocycles. The molecule has 34 heavy (non-hydrogen) atoms. The second-order valence-electron chi connectivity index (χ2n) is 14.9. The van der Waals surface area contributed by atoms with Gasteiger partial charge in [0, 0.05) is 5.92 Å². The summed E-state index contributed by atoms with van der Waals surface area (Å²) in [5, 5.41) is 20.9. The molecule has 0 bridgehead atoms. The van der Waals surface area contributed by atoms with Crippen molar-refractivity contribution >= 4 is 11.8 Å². The van der Waals surface area contributed by atoms with E-state index in [0.717, 1.165) is 51.4 Å². The molecule has 0 spiro atoms. The van der Waals surface area contributed by atoms with Crippen molar-refractivity contribution in [2.24, 2.45) is 50.2 Å². The summed E-state index contributed by atoms with van der Waals surface area (Å²) in [7, 11) is 0. The molecule has 190 valence electrons. The van der Waals surface area contributed by atoms with Crippen molar-refractivity contribution in [2.45, 2.75) is 112 Å². The number of fused-ring (bicyclic) bond motifs is 7. The molecular formula is C30H46O4. The van der Waals surface area contributed by atoms with Gasteiger partial charge in [-0.1, -0.05) is 47.1 Å². The van der Waals surface area contributed by atoms with Gasteiger partial charge in [-0.25, -0.2) is 0 Å². The van der Waals surface area contributed by atoms with Crippen molar-refractivity contribution in [1.29, 1.82) is 0 Å². The first-order valence-electron chi connectivity index (χ1n) is 13.7. The van der Waals surface area contributed by atoms with E-state index in [9.17, 15) is 19.8 Å². The Labute approximate surface area is 206 Å². The number of ketones is 1. The lowest BCUT2D eigenvalue weighted by molar-refractivity contribution is -0.202. The van der Waals surface area contributed by atoms with Crippen molar-refractivity contribution in [3.8, 4) is 0 Å². The van der Waals surface area contributed by atoms with Crippen LogP contribution < -0.4 is 0 Å². The lowest BCUT2D eigenvalue weighted by atomic mass is 9.33. The number of aliphatic hydroxyl groups excluding tert-OH is 1. The average molecular weight is 471 g/mol. The van der Waals surface area contributed by atoms with Crippen LogP contribution in [0.2, 0.25) is 0 Å². The highest BCUT2D eigenvalue weighted by Gasteiger charge is 2.70. The molecule has 0 aliphatic heterocycles. The summed E-state index contributed by atoms with van der Waals surface area (Å²) in [4.78, 5) is 26.4. The first-order chi connectivity index (χ1) is 15.6. The van der Waals surface area contributed by atoms with Crippen LogP contribution >= 0.6 is 0 Å². The van der Waals surface area contributed by atoms with Crippen molar-refractivity contribution < 1.29 is 19.8 Å². The largest absolute Gasteiger partial charge is 0.481 e. The fraction of sp³-hybridized carbons (Fsp3) is 0.867. The van der Waals surface area contributed by atoms with Crippen molar-refractivity contribution in [3.05, 3.63) is 11.6 Å². The molecule has 4 heteroatoms. The molecule has 9 atom stereocenters. The molecule has 0 amide bonds. The zero-order valence-corrected chi connectivity index (χ0v) is 22.5. The summed E-state index contributed by atoms with van der Waals surface area (Å²) in [5.74, 6) is 0.0603. The molecule has 5 rings (SSSR count). The Bertz CT molecular complexity index is 965. The summed E-state index contributed by atoms with van der Waals surface area (Å²) in [6.07, 6.45) is 9.95. The Morgan fingerprint density at radius 1 is 0.912 bits per heavy atom. The van der Waals surface area contributed by atoms with Gasteiger partial charge in [0.05, 0.1) is 11.5 Å². The topological polar surface area (TPSA) is 74.6 Å². The lowest BCUT2D eigenvalue weighted by Crippen LogP contribution is -2.66. The van der Waals surface area contributed by atoms with Crippen LogP contribution in [0.15, 0.2) is 11.6 Å². The van der Waals surface area contributed by atoms with E-state index >= 15 is 0 Å². The minimum absolute atomic E-state index is 0.0296. The number of hydrogen-bond donors (Lipinski definition) is 2. The maximum atomic E-state index is 14.2. The fourth-order valence-corrected chi connectivity index (χ4v) is 10.4. The summed E-state index contributed by atoms with van der Waals surface area (Å²) >= 11 is 0. The van der Waals surface area contributed by atoms with E-state index in [1.54, 1.807) is 0 Å². The smallest absolute Gasteiger partial charge is 0.309 e. The number of carboxylic acids is 1. The van der Waals surface area contributed by atoms with Crippen LogP contribution in [0.1, 0.15) is 106 Å². The normalized spacial score (nSPS) is 54.1. The van der Waals surface area contributed by atoms with E-state index < -0.39 is 11.4 Å². The second kappa shape index (κ2) is 6.99. The van der Waals surface area contributed by atoms with E-state index in [0.29, 0.717) is 12.3 Å². The van der Waals surface area contributed by atoms with Crippen LogP contribution in [0.25, 0.3) is 0 Å². The Hall–Kier alpha value is -1.16. The summed E-state index contributed by atoms with van der Waals surface area (Å²) in [5.41, 5.74) is 0.142. The van der Waals surface area contributed by atoms with Gasteiger partial charge < -0.3 is 10.2 Å². The van der Waals surface area contributed by atoms with Crippen molar-refractivity contribution in [2.75, 3.05) is 0 Å². The zero-order valence-electron chi connectivity index (χ0n) is 22.5. The monoisotopic (exact) mass is 470 g/mol. The van der Waals surface area contributed by atoms with Gasteiger partial charge in [-0.2, -0.15) is 0 Å². The number of allylic oxidation sites excluding steroid dienone is 2. The molecule has 4 nitrogen and oxygen atoms in total. The molecule has 0 aromatic carbocycles. The van der Waals surface area contributed by atoms with Crippen LogP contribution in [0, 0.1) is 50.2 Å². The molecule has 5 aliphatic rings. The molecule has 0 aromatic heterocycles. The van der Waals surface area contributed by atoms with Crippen LogP contribution in [-0.4, -0.2) is 28.1 Å². The number of carboxylic acid groups (broad SMARTS) is 1. The average Bonchev–Trinajstić information content (AvgIpc) is 2.73. The van der Waals surface area contributed by atoms with E-state index in [2.05, 4.69) is 41.5 Å². The van der Waals surface area contributed by atoms with Gasteiger partial charge in [-0.15, -0.1) is 0 Å². The molecule has 2 unspecified atom stereocenters. The standard InChI is InChI=1S/C30H46O4/c1-25(2)21-8-11-30(7)23(28(21,5)10-9-22(25)32)20(31)16-18-19-17-27(4,24(33)34)13-12-26(19,3)14-15-29(18,30)6/h16,19,21-23,32H,8-15,17H2,1-7H3,(H,33,34)/t19-,21?,22-,23?,26+,27-,28-,29+,30+/m0/s1. The minimum Gasteiger partial charge on any atom is -0.481 e. The third-order valence-electron chi connectivity index (χ3n) is 13.1. The molecule has 0 saturated heterocycles. The number of aliphatic hydroxyl groups is 1.